The number of carbonyl (C=O) groups excluding carboxylic acids is 3. The number of carbonyl (C=O) groups is 3. The molecule has 0 fully saturated rings. The van der Waals surface area contributed by atoms with E-state index in [4.69, 9.17) is 4.74 Å². The zero-order chi connectivity index (χ0) is 27.1. The van der Waals surface area contributed by atoms with Gasteiger partial charge in [-0.15, -0.1) is 11.3 Å². The number of aromatic nitrogens is 4. The molecule has 0 aliphatic rings. The number of esters is 1. The molecule has 1 atom stereocenters. The van der Waals surface area contributed by atoms with E-state index in [9.17, 15) is 14.4 Å². The summed E-state index contributed by atoms with van der Waals surface area (Å²) in [5.74, 6) is -1.12. The van der Waals surface area contributed by atoms with Crippen molar-refractivity contribution < 1.29 is 19.1 Å². The molecule has 3 heterocycles. The van der Waals surface area contributed by atoms with E-state index in [0.717, 1.165) is 23.7 Å². The molecule has 0 aliphatic heterocycles. The summed E-state index contributed by atoms with van der Waals surface area (Å²) in [7, 11) is 1.22. The van der Waals surface area contributed by atoms with Crippen molar-refractivity contribution in [3.05, 3.63) is 69.3 Å². The summed E-state index contributed by atoms with van der Waals surface area (Å²) in [6, 6.07) is 8.44. The van der Waals surface area contributed by atoms with Gasteiger partial charge in [0.1, 0.15) is 6.04 Å². The minimum absolute atomic E-state index is 0.125. The van der Waals surface area contributed by atoms with E-state index < -0.39 is 17.9 Å². The van der Waals surface area contributed by atoms with Gasteiger partial charge < -0.3 is 20.7 Å². The Balaban J connectivity index is 1.35. The monoisotopic (exact) mass is 535 g/mol. The first kappa shape index (κ1) is 26.7. The van der Waals surface area contributed by atoms with Crippen molar-refractivity contribution >= 4 is 46.0 Å². The van der Waals surface area contributed by atoms with Crippen LogP contribution in [0.25, 0.3) is 10.9 Å². The number of benzene rings is 1. The summed E-state index contributed by atoms with van der Waals surface area (Å²) >= 11 is 1.28. The molecular weight excluding hydrogens is 506 g/mol. The molecule has 38 heavy (non-hydrogen) atoms. The number of nitrogens with one attached hydrogen (secondary N) is 4. The van der Waals surface area contributed by atoms with Crippen molar-refractivity contribution in [1.29, 1.82) is 0 Å². The second kappa shape index (κ2) is 12.3. The minimum atomic E-state index is -1.08. The van der Waals surface area contributed by atoms with E-state index in [0.29, 0.717) is 28.8 Å². The van der Waals surface area contributed by atoms with Crippen LogP contribution in [0, 0.1) is 13.8 Å². The van der Waals surface area contributed by atoms with Crippen molar-refractivity contribution in [2.45, 2.75) is 32.7 Å². The van der Waals surface area contributed by atoms with Gasteiger partial charge in [-0.2, -0.15) is 5.10 Å². The van der Waals surface area contributed by atoms with Crippen LogP contribution in [-0.2, 0) is 16.0 Å². The molecule has 12 heteroatoms. The molecule has 0 saturated heterocycles. The Bertz CT molecular complexity index is 1410. The van der Waals surface area contributed by atoms with Gasteiger partial charge in [-0.05, 0) is 49.8 Å². The van der Waals surface area contributed by atoms with E-state index in [1.54, 1.807) is 31.4 Å². The van der Waals surface area contributed by atoms with E-state index in [2.05, 4.69) is 42.2 Å². The Labute approximate surface area is 223 Å². The number of H-pyrrole nitrogens is 1. The van der Waals surface area contributed by atoms with E-state index >= 15 is 0 Å². The van der Waals surface area contributed by atoms with Crippen molar-refractivity contribution in [2.24, 2.45) is 0 Å². The van der Waals surface area contributed by atoms with Gasteiger partial charge in [-0.3, -0.25) is 14.7 Å². The standard InChI is InChI=1S/C26H29N7O4S/c1-15-22(24(35)32-20(25(36)37-3)14-28-23(34)21-10-6-12-38-21)16(2)31-26(30-15)27-11-5-8-17-7-4-9-19-18(17)13-29-33-19/h4,6-7,9-10,12-13,20H,5,8,11,14H2,1-3H3,(H,28,34)(H,29,33)(H,32,35)(H,27,30,31). The molecule has 11 nitrogen and oxygen atoms in total. The third-order valence-electron chi connectivity index (χ3n) is 5.98. The van der Waals surface area contributed by atoms with Crippen LogP contribution < -0.4 is 16.0 Å². The molecule has 0 aliphatic carbocycles. The van der Waals surface area contributed by atoms with Crippen LogP contribution in [0.4, 0.5) is 5.95 Å². The molecule has 0 radical (unpaired) electrons. The number of amides is 2. The first-order valence-corrected chi connectivity index (χ1v) is 13.0. The second-order valence-electron chi connectivity index (χ2n) is 8.61. The summed E-state index contributed by atoms with van der Waals surface area (Å²) in [5, 5.41) is 18.5. The average Bonchev–Trinajstić information content (AvgIpc) is 3.61. The van der Waals surface area contributed by atoms with Gasteiger partial charge in [-0.1, -0.05) is 18.2 Å². The molecule has 198 valence electrons. The number of anilines is 1. The largest absolute Gasteiger partial charge is 0.467 e. The molecule has 1 unspecified atom stereocenters. The number of hydrogen-bond donors (Lipinski definition) is 4. The fourth-order valence-corrected chi connectivity index (χ4v) is 4.75. The van der Waals surface area contributed by atoms with Crippen LogP contribution in [0.1, 0.15) is 43.4 Å². The van der Waals surface area contributed by atoms with Crippen molar-refractivity contribution in [3.8, 4) is 0 Å². The van der Waals surface area contributed by atoms with Gasteiger partial charge >= 0.3 is 5.97 Å². The van der Waals surface area contributed by atoms with E-state index in [1.165, 1.54) is 24.0 Å². The van der Waals surface area contributed by atoms with E-state index in [-0.39, 0.29) is 18.0 Å². The number of hydrogen-bond acceptors (Lipinski definition) is 9. The molecule has 4 aromatic rings. The van der Waals surface area contributed by atoms with Gasteiger partial charge in [0.05, 0.1) is 40.7 Å². The first-order chi connectivity index (χ1) is 18.4. The summed E-state index contributed by atoms with van der Waals surface area (Å²) in [4.78, 5) is 47.0. The summed E-state index contributed by atoms with van der Waals surface area (Å²) < 4.78 is 4.81. The summed E-state index contributed by atoms with van der Waals surface area (Å²) in [6.07, 6.45) is 3.55. The molecule has 3 aromatic heterocycles. The first-order valence-electron chi connectivity index (χ1n) is 12.1. The van der Waals surface area contributed by atoms with Gasteiger partial charge in [0.25, 0.3) is 11.8 Å². The highest BCUT2D eigenvalue weighted by atomic mass is 32.1. The van der Waals surface area contributed by atoms with Crippen LogP contribution >= 0.6 is 11.3 Å². The van der Waals surface area contributed by atoms with Crippen molar-refractivity contribution in [2.75, 3.05) is 25.5 Å². The maximum Gasteiger partial charge on any atom is 0.330 e. The van der Waals surface area contributed by atoms with Crippen LogP contribution in [0.3, 0.4) is 0 Å². The predicted molar refractivity (Wildman–Crippen MR) is 144 cm³/mol. The zero-order valence-electron chi connectivity index (χ0n) is 21.3. The summed E-state index contributed by atoms with van der Waals surface area (Å²) in [6.45, 7) is 3.94. The smallest absolute Gasteiger partial charge is 0.330 e. The normalized spacial score (nSPS) is 11.7. The Morgan fingerprint density at radius 1 is 1.08 bits per heavy atom. The molecule has 0 spiro atoms. The number of aryl methyl sites for hydroxylation is 3. The Kier molecular flexibility index (Phi) is 8.64. The fraction of sp³-hybridized carbons (Fsp3) is 0.308. The van der Waals surface area contributed by atoms with Crippen molar-refractivity contribution in [3.63, 3.8) is 0 Å². The van der Waals surface area contributed by atoms with Gasteiger partial charge in [0.2, 0.25) is 5.95 Å². The summed E-state index contributed by atoms with van der Waals surface area (Å²) in [5.41, 5.74) is 3.42. The topological polar surface area (TPSA) is 151 Å². The molecule has 4 rings (SSSR count). The van der Waals surface area contributed by atoms with Gasteiger partial charge in [-0.25, -0.2) is 14.8 Å². The highest BCUT2D eigenvalue weighted by Gasteiger charge is 2.26. The number of thiophene rings is 1. The Morgan fingerprint density at radius 3 is 2.58 bits per heavy atom. The van der Waals surface area contributed by atoms with Gasteiger partial charge in [0, 0.05) is 18.5 Å². The SMILES string of the molecule is COC(=O)C(CNC(=O)c1cccs1)NC(=O)c1c(C)nc(NCCCc2cccc3[nH]ncc23)nc1C. The number of methoxy groups -OCH3 is 1. The highest BCUT2D eigenvalue weighted by molar-refractivity contribution is 7.12. The fourth-order valence-electron chi connectivity index (χ4n) is 4.11. The van der Waals surface area contributed by atoms with Crippen molar-refractivity contribution in [1.82, 2.24) is 30.8 Å². The predicted octanol–water partition coefficient (Wildman–Crippen LogP) is 2.78. The lowest BCUT2D eigenvalue weighted by Crippen LogP contribution is -2.49. The number of rotatable bonds is 11. The van der Waals surface area contributed by atoms with Crippen LogP contribution in [-0.4, -0.2) is 64.2 Å². The van der Waals surface area contributed by atoms with Crippen LogP contribution in [0.5, 0.6) is 0 Å². The second-order valence-corrected chi connectivity index (χ2v) is 9.56. The van der Waals surface area contributed by atoms with E-state index in [1.807, 2.05) is 18.3 Å². The number of aromatic amines is 1. The molecule has 0 saturated carbocycles. The zero-order valence-corrected chi connectivity index (χ0v) is 22.1. The number of fused-ring (bicyclic) bond motifs is 1. The Hall–Kier alpha value is -4.32. The number of nitrogens with zero attached hydrogens (tertiary/aromatic N) is 3. The molecule has 1 aromatic carbocycles. The quantitative estimate of drug-likeness (QED) is 0.169. The lowest BCUT2D eigenvalue weighted by molar-refractivity contribution is -0.142. The molecular formula is C26H29N7O4S. The molecule has 4 N–H and O–H groups in total. The lowest BCUT2D eigenvalue weighted by atomic mass is 10.1. The third kappa shape index (κ3) is 6.32. The van der Waals surface area contributed by atoms with Crippen LogP contribution in [0.15, 0.2) is 41.9 Å². The highest BCUT2D eigenvalue weighted by Crippen LogP contribution is 2.18. The molecule has 0 bridgehead atoms. The van der Waals surface area contributed by atoms with Gasteiger partial charge in [0.15, 0.2) is 0 Å². The average molecular weight is 536 g/mol. The minimum Gasteiger partial charge on any atom is -0.467 e. The molecule has 2 amide bonds. The lowest BCUT2D eigenvalue weighted by Gasteiger charge is -2.18. The number of ether oxygens (including phenoxy) is 1. The maximum absolute atomic E-state index is 13.1. The maximum atomic E-state index is 13.1. The van der Waals surface area contributed by atoms with Crippen LogP contribution in [0.2, 0.25) is 0 Å². The third-order valence-corrected chi connectivity index (χ3v) is 6.85. The Morgan fingerprint density at radius 2 is 1.87 bits per heavy atom.